The highest BCUT2D eigenvalue weighted by molar-refractivity contribution is 7.18. The number of hydrogen-bond donors (Lipinski definition) is 4. The van der Waals surface area contributed by atoms with Gasteiger partial charge in [0.2, 0.25) is 5.78 Å². The highest BCUT2D eigenvalue weighted by Gasteiger charge is 2.19. The summed E-state index contributed by atoms with van der Waals surface area (Å²) in [4.78, 5) is 17.6. The van der Waals surface area contributed by atoms with Gasteiger partial charge >= 0.3 is 0 Å². The van der Waals surface area contributed by atoms with Gasteiger partial charge in [0.1, 0.15) is 28.8 Å². The molecule has 6 N–H and O–H groups in total. The first-order valence-electron chi connectivity index (χ1n) is 10.1. The van der Waals surface area contributed by atoms with Gasteiger partial charge in [0, 0.05) is 16.8 Å². The molecule has 0 spiro atoms. The second-order valence-electron chi connectivity index (χ2n) is 8.08. The van der Waals surface area contributed by atoms with Crippen LogP contribution in [0.3, 0.4) is 0 Å². The zero-order valence-corrected chi connectivity index (χ0v) is 18.8. The van der Waals surface area contributed by atoms with Gasteiger partial charge in [-0.05, 0) is 68.3 Å². The first-order chi connectivity index (χ1) is 14.7. The first-order valence-corrected chi connectivity index (χ1v) is 10.9. The van der Waals surface area contributed by atoms with E-state index in [1.807, 2.05) is 45.0 Å². The fraction of sp³-hybridized carbons (Fsp3) is 0.304. The van der Waals surface area contributed by atoms with Crippen molar-refractivity contribution in [3.05, 3.63) is 58.5 Å². The maximum absolute atomic E-state index is 13.0. The van der Waals surface area contributed by atoms with Crippen LogP contribution in [0.4, 0.5) is 16.6 Å². The Bertz CT molecular complexity index is 1060. The largest absolute Gasteiger partial charge is 0.508 e. The minimum Gasteiger partial charge on any atom is -0.508 e. The standard InChI is InChI=1S/C23H28N4O3S/c1-4-5-14-12-15(6-11-18(14)28)19(29)20-21(24)27-22(31-20)26-16-7-9-17(10-8-16)30-13-23(2,3)25/h6-12,28H,4-5,13,24-25H2,1-3H3,(H,26,27). The zero-order valence-electron chi connectivity index (χ0n) is 17.9. The summed E-state index contributed by atoms with van der Waals surface area (Å²) in [7, 11) is 0. The summed E-state index contributed by atoms with van der Waals surface area (Å²) < 4.78 is 5.67. The number of aryl methyl sites for hydroxylation is 1. The van der Waals surface area contributed by atoms with Crippen molar-refractivity contribution in [2.24, 2.45) is 5.73 Å². The lowest BCUT2D eigenvalue weighted by Crippen LogP contribution is -2.38. The van der Waals surface area contributed by atoms with Crippen molar-refractivity contribution in [2.45, 2.75) is 39.2 Å². The second-order valence-corrected chi connectivity index (χ2v) is 9.08. The lowest BCUT2D eigenvalue weighted by Gasteiger charge is -2.19. The molecule has 164 valence electrons. The Hall–Kier alpha value is -3.10. The molecule has 0 bridgehead atoms. The van der Waals surface area contributed by atoms with Crippen molar-refractivity contribution < 1.29 is 14.6 Å². The number of anilines is 3. The Morgan fingerprint density at radius 1 is 1.23 bits per heavy atom. The van der Waals surface area contributed by atoms with E-state index in [0.29, 0.717) is 34.3 Å². The minimum absolute atomic E-state index is 0.174. The number of nitrogen functional groups attached to an aromatic ring is 1. The molecule has 3 rings (SSSR count). The van der Waals surface area contributed by atoms with E-state index in [1.165, 1.54) is 11.3 Å². The Balaban J connectivity index is 1.72. The van der Waals surface area contributed by atoms with E-state index >= 15 is 0 Å². The molecule has 1 heterocycles. The number of hydrogen-bond acceptors (Lipinski definition) is 8. The van der Waals surface area contributed by atoms with Crippen LogP contribution in [0.15, 0.2) is 42.5 Å². The van der Waals surface area contributed by atoms with Crippen molar-refractivity contribution in [3.8, 4) is 11.5 Å². The van der Waals surface area contributed by atoms with Gasteiger partial charge in [0.25, 0.3) is 0 Å². The highest BCUT2D eigenvalue weighted by Crippen LogP contribution is 2.31. The van der Waals surface area contributed by atoms with Crippen LogP contribution < -0.4 is 21.5 Å². The number of phenols is 1. The predicted molar refractivity (Wildman–Crippen MR) is 126 cm³/mol. The third kappa shape index (κ3) is 5.96. The molecule has 0 atom stereocenters. The summed E-state index contributed by atoms with van der Waals surface area (Å²) in [5.74, 6) is 0.871. The molecule has 0 fully saturated rings. The van der Waals surface area contributed by atoms with Crippen molar-refractivity contribution in [1.82, 2.24) is 4.98 Å². The van der Waals surface area contributed by atoms with Gasteiger partial charge in [-0.25, -0.2) is 4.98 Å². The number of thiazole rings is 1. The Labute approximate surface area is 186 Å². The lowest BCUT2D eigenvalue weighted by molar-refractivity contribution is 0.104. The fourth-order valence-electron chi connectivity index (χ4n) is 2.90. The molecule has 31 heavy (non-hydrogen) atoms. The molecule has 0 unspecified atom stereocenters. The highest BCUT2D eigenvalue weighted by atomic mass is 32.1. The third-order valence-corrected chi connectivity index (χ3v) is 5.42. The summed E-state index contributed by atoms with van der Waals surface area (Å²) in [6.45, 7) is 6.23. The SMILES string of the molecule is CCCc1cc(C(=O)c2sc(Nc3ccc(OCC(C)(C)N)cc3)nc2N)ccc1O. The third-order valence-electron chi connectivity index (χ3n) is 4.44. The van der Waals surface area contributed by atoms with Gasteiger partial charge in [-0.2, -0.15) is 0 Å². The van der Waals surface area contributed by atoms with Gasteiger partial charge in [0.15, 0.2) is 5.13 Å². The Kier molecular flexibility index (Phi) is 6.82. The number of phenolic OH excluding ortho intramolecular Hbond substituents is 1. The maximum Gasteiger partial charge on any atom is 0.206 e. The number of ketones is 1. The van der Waals surface area contributed by atoms with E-state index in [9.17, 15) is 9.90 Å². The Morgan fingerprint density at radius 3 is 2.58 bits per heavy atom. The van der Waals surface area contributed by atoms with Gasteiger partial charge in [-0.3, -0.25) is 4.79 Å². The van der Waals surface area contributed by atoms with E-state index in [1.54, 1.807) is 18.2 Å². The fourth-order valence-corrected chi connectivity index (χ4v) is 3.77. The topological polar surface area (TPSA) is 123 Å². The smallest absolute Gasteiger partial charge is 0.206 e. The van der Waals surface area contributed by atoms with Crippen molar-refractivity contribution in [3.63, 3.8) is 0 Å². The zero-order chi connectivity index (χ0) is 22.6. The number of carbonyl (C=O) groups excluding carboxylic acids is 1. The van der Waals surface area contributed by atoms with Gasteiger partial charge in [-0.1, -0.05) is 24.7 Å². The number of aromatic hydroxyl groups is 1. The molecule has 3 aromatic rings. The Morgan fingerprint density at radius 2 is 1.94 bits per heavy atom. The van der Waals surface area contributed by atoms with Gasteiger partial charge < -0.3 is 26.6 Å². The average molecular weight is 441 g/mol. The summed E-state index contributed by atoms with van der Waals surface area (Å²) >= 11 is 1.19. The van der Waals surface area contributed by atoms with Crippen LogP contribution in [-0.4, -0.2) is 28.0 Å². The van der Waals surface area contributed by atoms with Crippen LogP contribution in [0.1, 0.15) is 48.0 Å². The molecular formula is C23H28N4O3S. The maximum atomic E-state index is 13.0. The molecule has 0 amide bonds. The minimum atomic E-state index is -0.410. The number of carbonyl (C=O) groups is 1. The molecule has 1 aromatic heterocycles. The average Bonchev–Trinajstić information content (AvgIpc) is 3.08. The molecule has 0 saturated carbocycles. The van der Waals surface area contributed by atoms with Crippen LogP contribution in [0, 0.1) is 0 Å². The van der Waals surface area contributed by atoms with Crippen LogP contribution in [0.2, 0.25) is 0 Å². The van der Waals surface area contributed by atoms with Crippen molar-refractivity contribution >= 4 is 33.8 Å². The number of nitrogens with one attached hydrogen (secondary N) is 1. The molecule has 7 nitrogen and oxygen atoms in total. The van der Waals surface area contributed by atoms with Crippen LogP contribution in [-0.2, 0) is 6.42 Å². The number of nitrogens with zero attached hydrogens (tertiary/aromatic N) is 1. The summed E-state index contributed by atoms with van der Waals surface area (Å²) in [6, 6.07) is 12.2. The predicted octanol–water partition coefficient (Wildman–Crippen LogP) is 4.47. The normalized spacial score (nSPS) is 11.4. The van der Waals surface area contributed by atoms with E-state index in [-0.39, 0.29) is 17.4 Å². The van der Waals surface area contributed by atoms with E-state index in [0.717, 1.165) is 17.7 Å². The molecule has 0 aliphatic carbocycles. The van der Waals surface area contributed by atoms with Gasteiger partial charge in [0.05, 0.1) is 0 Å². The molecule has 8 heteroatoms. The summed E-state index contributed by atoms with van der Waals surface area (Å²) in [6.07, 6.45) is 1.57. The van der Waals surface area contributed by atoms with Crippen LogP contribution in [0.25, 0.3) is 0 Å². The van der Waals surface area contributed by atoms with Crippen molar-refractivity contribution in [2.75, 3.05) is 17.7 Å². The molecule has 0 saturated heterocycles. The van der Waals surface area contributed by atoms with Crippen LogP contribution >= 0.6 is 11.3 Å². The summed E-state index contributed by atoms with van der Waals surface area (Å²) in [5, 5.41) is 13.6. The lowest BCUT2D eigenvalue weighted by atomic mass is 10.0. The van der Waals surface area contributed by atoms with E-state index in [4.69, 9.17) is 16.2 Å². The summed E-state index contributed by atoms with van der Waals surface area (Å²) in [5.41, 5.74) is 13.6. The van der Waals surface area contributed by atoms with Crippen molar-refractivity contribution in [1.29, 1.82) is 0 Å². The molecular weight excluding hydrogens is 412 g/mol. The molecule has 0 radical (unpaired) electrons. The van der Waals surface area contributed by atoms with E-state index in [2.05, 4.69) is 10.3 Å². The van der Waals surface area contributed by atoms with E-state index < -0.39 is 5.54 Å². The number of benzene rings is 2. The van der Waals surface area contributed by atoms with Gasteiger partial charge in [-0.15, -0.1) is 0 Å². The van der Waals surface area contributed by atoms with Crippen LogP contribution in [0.5, 0.6) is 11.5 Å². The monoisotopic (exact) mass is 440 g/mol. The molecule has 0 aliphatic rings. The molecule has 0 aliphatic heterocycles. The number of ether oxygens (including phenoxy) is 1. The number of rotatable bonds is 9. The quantitative estimate of drug-likeness (QED) is 0.362. The first kappa shape index (κ1) is 22.6. The number of nitrogens with two attached hydrogens (primary N) is 2. The second kappa shape index (κ2) is 9.36. The number of aromatic nitrogens is 1. The molecule has 2 aromatic carbocycles.